The van der Waals surface area contributed by atoms with E-state index in [2.05, 4.69) is 15.5 Å². The van der Waals surface area contributed by atoms with Crippen molar-refractivity contribution in [2.75, 3.05) is 19.5 Å². The van der Waals surface area contributed by atoms with Gasteiger partial charge in [-0.2, -0.15) is 10.2 Å². The minimum atomic E-state index is -0.338. The number of hydrogen-bond donors (Lipinski definition) is 1. The van der Waals surface area contributed by atoms with Gasteiger partial charge in [-0.15, -0.1) is 0 Å². The van der Waals surface area contributed by atoms with Crippen LogP contribution >= 0.6 is 0 Å². The molecule has 0 saturated heterocycles. The molecule has 0 bridgehead atoms. The molecule has 3 aromatic rings. The van der Waals surface area contributed by atoms with Crippen LogP contribution in [-0.4, -0.2) is 44.3 Å². The minimum Gasteiger partial charge on any atom is -0.493 e. The molecule has 1 aliphatic heterocycles. The van der Waals surface area contributed by atoms with Crippen molar-refractivity contribution in [3.05, 3.63) is 52.3 Å². The Morgan fingerprint density at radius 1 is 1.13 bits per heavy atom. The van der Waals surface area contributed by atoms with Crippen molar-refractivity contribution in [1.82, 2.24) is 24.1 Å². The number of carbonyl (C=O) groups is 1. The van der Waals surface area contributed by atoms with Gasteiger partial charge in [-0.05, 0) is 18.9 Å². The predicted octanol–water partition coefficient (Wildman–Crippen LogP) is 1.67. The SMILES string of the molecule is COc1cccc(Cn2nccc2NC(=O)Cn2nc3n(c2=O)CCCCC3)c1OC. The highest BCUT2D eigenvalue weighted by Gasteiger charge is 2.18. The van der Waals surface area contributed by atoms with Crippen molar-refractivity contribution in [3.63, 3.8) is 0 Å². The van der Waals surface area contributed by atoms with E-state index in [0.717, 1.165) is 37.1 Å². The number of benzene rings is 1. The fourth-order valence-corrected chi connectivity index (χ4v) is 3.85. The number of aromatic nitrogens is 5. The molecule has 2 aromatic heterocycles. The van der Waals surface area contributed by atoms with Gasteiger partial charge in [0.05, 0.1) is 27.0 Å². The summed E-state index contributed by atoms with van der Waals surface area (Å²) in [7, 11) is 3.16. The highest BCUT2D eigenvalue weighted by atomic mass is 16.5. The number of rotatable bonds is 7. The predicted molar refractivity (Wildman–Crippen MR) is 114 cm³/mol. The summed E-state index contributed by atoms with van der Waals surface area (Å²) in [6.07, 6.45) is 5.42. The Balaban J connectivity index is 1.48. The molecule has 1 amide bonds. The number of fused-ring (bicyclic) bond motifs is 1. The lowest BCUT2D eigenvalue weighted by Crippen LogP contribution is -2.30. The first-order valence-corrected chi connectivity index (χ1v) is 10.3. The number of methoxy groups -OCH3 is 2. The maximum Gasteiger partial charge on any atom is 0.346 e. The quantitative estimate of drug-likeness (QED) is 0.616. The van der Waals surface area contributed by atoms with Crippen LogP contribution in [0, 0.1) is 0 Å². The summed E-state index contributed by atoms with van der Waals surface area (Å²) in [4.78, 5) is 25.2. The molecule has 0 atom stereocenters. The monoisotopic (exact) mass is 426 g/mol. The number of carbonyl (C=O) groups excluding carboxylic acids is 1. The van der Waals surface area contributed by atoms with Gasteiger partial charge >= 0.3 is 5.69 Å². The van der Waals surface area contributed by atoms with E-state index in [-0.39, 0.29) is 18.1 Å². The van der Waals surface area contributed by atoms with Crippen molar-refractivity contribution >= 4 is 11.7 Å². The van der Waals surface area contributed by atoms with Crippen molar-refractivity contribution in [2.24, 2.45) is 0 Å². The molecule has 1 aliphatic rings. The Morgan fingerprint density at radius 2 is 2.00 bits per heavy atom. The van der Waals surface area contributed by atoms with Crippen LogP contribution in [0.1, 0.15) is 30.7 Å². The van der Waals surface area contributed by atoms with Gasteiger partial charge in [-0.25, -0.2) is 14.2 Å². The van der Waals surface area contributed by atoms with Crippen LogP contribution in [0.5, 0.6) is 11.5 Å². The zero-order valence-electron chi connectivity index (χ0n) is 17.7. The molecule has 10 heteroatoms. The van der Waals surface area contributed by atoms with Crippen LogP contribution in [0.25, 0.3) is 0 Å². The zero-order valence-corrected chi connectivity index (χ0v) is 17.7. The highest BCUT2D eigenvalue weighted by Crippen LogP contribution is 2.31. The molecule has 31 heavy (non-hydrogen) atoms. The smallest absolute Gasteiger partial charge is 0.346 e. The molecule has 0 fully saturated rings. The minimum absolute atomic E-state index is 0.146. The van der Waals surface area contributed by atoms with E-state index < -0.39 is 0 Å². The van der Waals surface area contributed by atoms with Gasteiger partial charge in [0.15, 0.2) is 11.5 Å². The fraction of sp³-hybridized carbons (Fsp3) is 0.429. The van der Waals surface area contributed by atoms with E-state index in [1.165, 1.54) is 4.68 Å². The Bertz CT molecular complexity index is 1130. The van der Waals surface area contributed by atoms with Crippen molar-refractivity contribution in [3.8, 4) is 11.5 Å². The number of anilines is 1. The maximum absolute atomic E-state index is 12.6. The highest BCUT2D eigenvalue weighted by molar-refractivity contribution is 5.89. The van der Waals surface area contributed by atoms with Crippen LogP contribution in [0.4, 0.5) is 5.82 Å². The molecule has 0 aliphatic carbocycles. The molecular weight excluding hydrogens is 400 g/mol. The third-order valence-electron chi connectivity index (χ3n) is 5.36. The van der Waals surface area contributed by atoms with Crippen molar-refractivity contribution < 1.29 is 14.3 Å². The number of amides is 1. The number of nitrogens with one attached hydrogen (secondary N) is 1. The zero-order chi connectivity index (χ0) is 21.8. The van der Waals surface area contributed by atoms with Crippen LogP contribution < -0.4 is 20.5 Å². The Morgan fingerprint density at radius 3 is 2.81 bits per heavy atom. The van der Waals surface area contributed by atoms with Crippen LogP contribution in [-0.2, 0) is 30.8 Å². The second kappa shape index (κ2) is 9.07. The van der Waals surface area contributed by atoms with Gasteiger partial charge < -0.3 is 14.8 Å². The summed E-state index contributed by atoms with van der Waals surface area (Å²) in [5.41, 5.74) is 0.622. The van der Waals surface area contributed by atoms with Crippen molar-refractivity contribution in [2.45, 2.75) is 45.3 Å². The largest absolute Gasteiger partial charge is 0.493 e. The summed E-state index contributed by atoms with van der Waals surface area (Å²) in [6.45, 7) is 0.888. The number of nitrogens with zero attached hydrogens (tertiary/aromatic N) is 5. The lowest BCUT2D eigenvalue weighted by atomic mass is 10.2. The summed E-state index contributed by atoms with van der Waals surface area (Å²) in [5, 5.41) is 11.5. The molecule has 0 unspecified atom stereocenters. The molecule has 4 rings (SSSR count). The third-order valence-corrected chi connectivity index (χ3v) is 5.36. The standard InChI is InChI=1S/C21H26N6O4/c1-30-16-8-6-7-15(20(16)31-2)13-26-17(10-11-22-26)23-19(28)14-27-21(29)25-12-5-3-4-9-18(25)24-27/h6-8,10-11H,3-5,9,12-14H2,1-2H3,(H,23,28). The molecule has 10 nitrogen and oxygen atoms in total. The van der Waals surface area contributed by atoms with Gasteiger partial charge in [-0.1, -0.05) is 18.6 Å². The summed E-state index contributed by atoms with van der Waals surface area (Å²) in [6, 6.07) is 7.30. The van der Waals surface area contributed by atoms with Gasteiger partial charge in [0, 0.05) is 24.6 Å². The van der Waals surface area contributed by atoms with E-state index in [4.69, 9.17) is 9.47 Å². The number of ether oxygens (including phenoxy) is 2. The molecule has 0 spiro atoms. The topological polar surface area (TPSA) is 105 Å². The van der Waals surface area contributed by atoms with E-state index in [9.17, 15) is 9.59 Å². The number of aryl methyl sites for hydroxylation is 1. The second-order valence-electron chi connectivity index (χ2n) is 7.39. The summed E-state index contributed by atoms with van der Waals surface area (Å²) < 4.78 is 15.4. The van der Waals surface area contributed by atoms with Crippen LogP contribution in [0.15, 0.2) is 35.3 Å². The van der Waals surface area contributed by atoms with E-state index in [0.29, 0.717) is 30.4 Å². The normalized spacial score (nSPS) is 13.4. The average molecular weight is 426 g/mol. The average Bonchev–Trinajstić information content (AvgIpc) is 3.22. The van der Waals surface area contributed by atoms with E-state index in [1.54, 1.807) is 35.7 Å². The van der Waals surface area contributed by atoms with Gasteiger partial charge in [0.1, 0.15) is 18.2 Å². The molecule has 1 N–H and O–H groups in total. The van der Waals surface area contributed by atoms with E-state index >= 15 is 0 Å². The molecular formula is C21H26N6O4. The summed E-state index contributed by atoms with van der Waals surface area (Å²) >= 11 is 0. The molecule has 0 radical (unpaired) electrons. The fourth-order valence-electron chi connectivity index (χ4n) is 3.85. The lowest BCUT2D eigenvalue weighted by molar-refractivity contribution is -0.117. The first kappa shape index (κ1) is 20.7. The van der Waals surface area contributed by atoms with Crippen molar-refractivity contribution in [1.29, 1.82) is 0 Å². The first-order chi connectivity index (χ1) is 15.1. The molecule has 0 saturated carbocycles. The van der Waals surface area contributed by atoms with Crippen LogP contribution in [0.2, 0.25) is 0 Å². The van der Waals surface area contributed by atoms with E-state index in [1.807, 2.05) is 18.2 Å². The number of para-hydroxylation sites is 1. The molecule has 3 heterocycles. The van der Waals surface area contributed by atoms with Crippen LogP contribution in [0.3, 0.4) is 0 Å². The Labute approximate surface area is 179 Å². The summed E-state index contributed by atoms with van der Waals surface area (Å²) in [5.74, 6) is 2.17. The first-order valence-electron chi connectivity index (χ1n) is 10.3. The Hall–Kier alpha value is -3.56. The maximum atomic E-state index is 12.6. The van der Waals surface area contributed by atoms with Gasteiger partial charge in [0.25, 0.3) is 0 Å². The second-order valence-corrected chi connectivity index (χ2v) is 7.39. The van der Waals surface area contributed by atoms with Gasteiger partial charge in [0.2, 0.25) is 5.91 Å². The molecule has 164 valence electrons. The lowest BCUT2D eigenvalue weighted by Gasteiger charge is -2.14. The third kappa shape index (κ3) is 4.32. The Kier molecular flexibility index (Phi) is 6.06. The van der Waals surface area contributed by atoms with Gasteiger partial charge in [-0.3, -0.25) is 9.36 Å². The number of hydrogen-bond acceptors (Lipinski definition) is 6. The molecule has 1 aromatic carbocycles.